The number of aromatic nitrogens is 1. The number of carbonyl (C=O) groups is 3. The van der Waals surface area contributed by atoms with E-state index in [1.165, 1.54) is 36.0 Å². The number of hydrogen-bond acceptors (Lipinski definition) is 4. The Hall–Kier alpha value is -5.64. The summed E-state index contributed by atoms with van der Waals surface area (Å²) in [7, 11) is 0. The summed E-state index contributed by atoms with van der Waals surface area (Å²) in [5, 5.41) is 8.90. The molecule has 0 saturated heterocycles. The number of rotatable bonds is 10. The molecule has 0 aliphatic heterocycles. The summed E-state index contributed by atoms with van der Waals surface area (Å²) in [4.78, 5) is 44.2. The molecule has 1 aromatic heterocycles. The molecule has 0 saturated carbocycles. The molecule has 1 atom stereocenters. The minimum absolute atomic E-state index is 0.0471. The van der Waals surface area contributed by atoms with E-state index < -0.39 is 22.9 Å². The van der Waals surface area contributed by atoms with Crippen LogP contribution in [0.1, 0.15) is 26.7 Å². The summed E-state index contributed by atoms with van der Waals surface area (Å²) in [5.41, 5.74) is 2.81. The first-order valence-corrected chi connectivity index (χ1v) is 16.1. The highest BCUT2D eigenvalue weighted by molar-refractivity contribution is 8.00. The van der Waals surface area contributed by atoms with Crippen LogP contribution in [0.4, 0.5) is 15.8 Å². The van der Waals surface area contributed by atoms with E-state index in [-0.39, 0.29) is 22.2 Å². The van der Waals surface area contributed by atoms with Gasteiger partial charge >= 0.3 is 0 Å². The van der Waals surface area contributed by atoms with E-state index in [0.717, 1.165) is 16.5 Å². The van der Waals surface area contributed by atoms with Gasteiger partial charge in [0, 0.05) is 39.1 Å². The molecule has 0 fully saturated rings. The van der Waals surface area contributed by atoms with E-state index in [0.29, 0.717) is 21.8 Å². The molecule has 5 aromatic carbocycles. The van der Waals surface area contributed by atoms with Gasteiger partial charge in [-0.1, -0.05) is 78.3 Å². The van der Waals surface area contributed by atoms with E-state index in [4.69, 9.17) is 11.6 Å². The maximum atomic E-state index is 14.7. The van der Waals surface area contributed by atoms with E-state index >= 15 is 0 Å². The number of anilines is 2. The van der Waals surface area contributed by atoms with Crippen LogP contribution in [0.15, 0.2) is 144 Å². The highest BCUT2D eigenvalue weighted by Gasteiger charge is 2.23. The van der Waals surface area contributed by atoms with Crippen molar-refractivity contribution in [3.8, 4) is 0 Å². The molecule has 4 N–H and O–H groups in total. The fourth-order valence-electron chi connectivity index (χ4n) is 4.95. The Morgan fingerprint density at radius 2 is 1.50 bits per heavy atom. The van der Waals surface area contributed by atoms with Crippen molar-refractivity contribution >= 4 is 69.4 Å². The van der Waals surface area contributed by atoms with Gasteiger partial charge in [-0.25, -0.2) is 4.39 Å². The summed E-state index contributed by atoms with van der Waals surface area (Å²) < 4.78 is 14.7. The van der Waals surface area contributed by atoms with Gasteiger partial charge in [-0.2, -0.15) is 0 Å². The van der Waals surface area contributed by atoms with Gasteiger partial charge in [-0.3, -0.25) is 14.4 Å². The Kier molecular flexibility index (Phi) is 9.99. The molecular formula is C38H28ClFN4O3S. The van der Waals surface area contributed by atoms with Crippen molar-refractivity contribution in [2.75, 3.05) is 10.6 Å². The Morgan fingerprint density at radius 3 is 2.27 bits per heavy atom. The molecule has 0 aliphatic carbocycles. The molecular weight excluding hydrogens is 647 g/mol. The topological polar surface area (TPSA) is 103 Å². The van der Waals surface area contributed by atoms with Crippen LogP contribution in [0.25, 0.3) is 17.0 Å². The van der Waals surface area contributed by atoms with Crippen molar-refractivity contribution in [2.24, 2.45) is 0 Å². The smallest absolute Gasteiger partial charge is 0.272 e. The molecule has 3 amide bonds. The number of fused-ring (bicyclic) bond motifs is 1. The van der Waals surface area contributed by atoms with Crippen molar-refractivity contribution in [1.29, 1.82) is 0 Å². The van der Waals surface area contributed by atoms with Gasteiger partial charge in [0.2, 0.25) is 5.91 Å². The average Bonchev–Trinajstić information content (AvgIpc) is 3.57. The maximum Gasteiger partial charge on any atom is 0.272 e. The third-order valence-electron chi connectivity index (χ3n) is 7.33. The number of aromatic amines is 1. The van der Waals surface area contributed by atoms with Crippen molar-refractivity contribution in [2.45, 2.75) is 10.1 Å². The summed E-state index contributed by atoms with van der Waals surface area (Å²) in [6, 6.07) is 36.5. The molecule has 238 valence electrons. The number of halogens is 2. The van der Waals surface area contributed by atoms with Gasteiger partial charge in [0.15, 0.2) is 0 Å². The number of benzene rings is 5. The van der Waals surface area contributed by atoms with Crippen LogP contribution in [-0.4, -0.2) is 22.7 Å². The first-order valence-electron chi connectivity index (χ1n) is 14.9. The summed E-state index contributed by atoms with van der Waals surface area (Å²) in [6.07, 6.45) is 3.04. The van der Waals surface area contributed by atoms with Crippen LogP contribution in [0.5, 0.6) is 0 Å². The van der Waals surface area contributed by atoms with Crippen LogP contribution < -0.4 is 16.0 Å². The normalized spacial score (nSPS) is 11.9. The second kappa shape index (κ2) is 14.8. The van der Waals surface area contributed by atoms with E-state index in [2.05, 4.69) is 20.9 Å². The van der Waals surface area contributed by atoms with Crippen molar-refractivity contribution in [3.05, 3.63) is 167 Å². The van der Waals surface area contributed by atoms with E-state index in [9.17, 15) is 18.8 Å². The number of amides is 3. The molecule has 1 unspecified atom stereocenters. The lowest BCUT2D eigenvalue weighted by Crippen LogP contribution is -2.30. The maximum absolute atomic E-state index is 14.7. The summed E-state index contributed by atoms with van der Waals surface area (Å²) in [6.45, 7) is 0. The molecule has 0 radical (unpaired) electrons. The molecule has 0 bridgehead atoms. The second-order valence-electron chi connectivity index (χ2n) is 10.7. The summed E-state index contributed by atoms with van der Waals surface area (Å²) in [5.74, 6) is -2.13. The highest BCUT2D eigenvalue weighted by atomic mass is 35.5. The fourth-order valence-corrected chi connectivity index (χ4v) is 6.25. The third-order valence-corrected chi connectivity index (χ3v) is 8.90. The van der Waals surface area contributed by atoms with Gasteiger partial charge in [-0.15, -0.1) is 11.8 Å². The third kappa shape index (κ3) is 7.83. The molecule has 0 aliphatic rings. The number of carbonyl (C=O) groups excluding carboxylic acids is 3. The Balaban J connectivity index is 1.24. The SMILES string of the molecule is O=C(Nc1cccc(SC(C(=O)Nc2ccc3cc[nH]c3c2)c2ccccc2)c1)/C(=C\c1c(F)cccc1Cl)NC(=O)c1ccccc1. The molecule has 6 aromatic rings. The molecule has 48 heavy (non-hydrogen) atoms. The Bertz CT molecular complexity index is 2120. The largest absolute Gasteiger partial charge is 0.361 e. The number of hydrogen-bond donors (Lipinski definition) is 4. The molecule has 0 spiro atoms. The average molecular weight is 675 g/mol. The second-order valence-corrected chi connectivity index (χ2v) is 12.3. The fraction of sp³-hybridized carbons (Fsp3) is 0.0263. The Morgan fingerprint density at radius 1 is 0.771 bits per heavy atom. The van der Waals surface area contributed by atoms with Gasteiger partial charge in [-0.05, 0) is 77.7 Å². The first-order chi connectivity index (χ1) is 23.3. The zero-order valence-corrected chi connectivity index (χ0v) is 26.8. The zero-order valence-electron chi connectivity index (χ0n) is 25.2. The molecule has 6 rings (SSSR count). The molecule has 10 heteroatoms. The van der Waals surface area contributed by atoms with Crippen molar-refractivity contribution < 1.29 is 18.8 Å². The van der Waals surface area contributed by atoms with Crippen molar-refractivity contribution in [1.82, 2.24) is 10.3 Å². The standard InChI is InChI=1S/C38H28ClFN4O3S/c39-31-15-8-16-32(40)30(31)23-34(44-36(45)26-11-5-2-6-12-26)37(46)42-27-13-7-14-29(21-27)48-35(25-9-3-1-4-10-25)38(47)43-28-18-17-24-19-20-41-33(24)22-28/h1-23,35,41H,(H,42,46)(H,43,47)(H,44,45)/b34-23+. The van der Waals surface area contributed by atoms with Crippen molar-refractivity contribution in [3.63, 3.8) is 0 Å². The molecule has 7 nitrogen and oxygen atoms in total. The number of thioether (sulfide) groups is 1. The van der Waals surface area contributed by atoms with Gasteiger partial charge in [0.1, 0.15) is 16.8 Å². The number of nitrogens with one attached hydrogen (secondary N) is 4. The quantitative estimate of drug-likeness (QED) is 0.0861. The molecule has 1 heterocycles. The minimum Gasteiger partial charge on any atom is -0.361 e. The predicted octanol–water partition coefficient (Wildman–Crippen LogP) is 8.84. The van der Waals surface area contributed by atoms with Crippen LogP contribution >= 0.6 is 23.4 Å². The lowest BCUT2D eigenvalue weighted by molar-refractivity contribution is -0.116. The van der Waals surface area contributed by atoms with Crippen LogP contribution in [0.2, 0.25) is 5.02 Å². The lowest BCUT2D eigenvalue weighted by atomic mass is 10.1. The lowest BCUT2D eigenvalue weighted by Gasteiger charge is -2.18. The van der Waals surface area contributed by atoms with E-state index in [1.54, 1.807) is 48.5 Å². The number of H-pyrrole nitrogens is 1. The van der Waals surface area contributed by atoms with Crippen LogP contribution in [0.3, 0.4) is 0 Å². The Labute approximate surface area is 285 Å². The minimum atomic E-state index is -0.696. The van der Waals surface area contributed by atoms with Crippen LogP contribution in [0, 0.1) is 5.82 Å². The summed E-state index contributed by atoms with van der Waals surface area (Å²) >= 11 is 7.56. The van der Waals surface area contributed by atoms with Gasteiger partial charge in [0.05, 0.1) is 5.02 Å². The van der Waals surface area contributed by atoms with Gasteiger partial charge < -0.3 is 20.9 Å². The van der Waals surface area contributed by atoms with Crippen LogP contribution in [-0.2, 0) is 9.59 Å². The zero-order chi connectivity index (χ0) is 33.5. The highest BCUT2D eigenvalue weighted by Crippen LogP contribution is 2.37. The predicted molar refractivity (Wildman–Crippen MR) is 190 cm³/mol. The monoisotopic (exact) mass is 674 g/mol. The van der Waals surface area contributed by atoms with Gasteiger partial charge in [0.25, 0.3) is 11.8 Å². The van der Waals surface area contributed by atoms with E-state index in [1.807, 2.05) is 66.9 Å². The first kappa shape index (κ1) is 32.3.